The average Bonchev–Trinajstić information content (AvgIpc) is 2.99. The lowest BCUT2D eigenvalue weighted by atomic mass is 10.0. The first-order valence-corrected chi connectivity index (χ1v) is 7.68. The van der Waals surface area contributed by atoms with Crippen molar-refractivity contribution in [1.82, 2.24) is 5.32 Å². The van der Waals surface area contributed by atoms with E-state index in [9.17, 15) is 4.79 Å². The second-order valence-electron chi connectivity index (χ2n) is 5.69. The maximum Gasteiger partial charge on any atom is 0.223 e. The molecule has 2 rings (SSSR count). The van der Waals surface area contributed by atoms with Crippen molar-refractivity contribution in [2.24, 2.45) is 0 Å². The lowest BCUT2D eigenvalue weighted by Gasteiger charge is -2.20. The molecule has 5 heteroatoms. The summed E-state index contributed by atoms with van der Waals surface area (Å²) in [4.78, 5) is 12.1. The number of carbonyl (C=O) groups excluding carboxylic acids is 1. The van der Waals surface area contributed by atoms with Gasteiger partial charge in [0, 0.05) is 6.61 Å². The number of rotatable bonds is 6. The predicted octanol–water partition coefficient (Wildman–Crippen LogP) is 2.76. The second kappa shape index (κ2) is 7.49. The number of aryl methyl sites for hydroxylation is 1. The number of nitrogens with one attached hydrogen (secondary N) is 1. The van der Waals surface area contributed by atoms with Crippen LogP contribution in [0.25, 0.3) is 0 Å². The Kier molecular flexibility index (Phi) is 5.66. The molecule has 1 saturated heterocycles. The van der Waals surface area contributed by atoms with Crippen molar-refractivity contribution in [2.75, 3.05) is 20.8 Å². The molecule has 0 radical (unpaired) electrons. The van der Waals surface area contributed by atoms with E-state index in [1.165, 1.54) is 0 Å². The third-order valence-electron chi connectivity index (χ3n) is 4.05. The molecule has 1 aliphatic rings. The van der Waals surface area contributed by atoms with Crippen LogP contribution in [-0.4, -0.2) is 32.8 Å². The number of ether oxygens (including phenoxy) is 3. The van der Waals surface area contributed by atoms with Gasteiger partial charge in [-0.2, -0.15) is 0 Å². The van der Waals surface area contributed by atoms with Crippen molar-refractivity contribution in [2.45, 2.75) is 45.3 Å². The van der Waals surface area contributed by atoms with Crippen molar-refractivity contribution >= 4 is 5.91 Å². The minimum Gasteiger partial charge on any atom is -0.493 e. The highest BCUT2D eigenvalue weighted by atomic mass is 16.5. The summed E-state index contributed by atoms with van der Waals surface area (Å²) < 4.78 is 16.1. The lowest BCUT2D eigenvalue weighted by Crippen LogP contribution is -2.30. The van der Waals surface area contributed by atoms with Gasteiger partial charge in [0.05, 0.1) is 32.8 Å². The van der Waals surface area contributed by atoms with Gasteiger partial charge in [-0.15, -0.1) is 0 Å². The fraction of sp³-hybridized carbons (Fsp3) is 0.588. The summed E-state index contributed by atoms with van der Waals surface area (Å²) in [5.74, 6) is 1.39. The standard InChI is InChI=1S/C17H25NO4/c1-11-8-15(20-3)16(21-4)10-14(11)12(2)18-17(19)9-13-6-5-7-22-13/h8,10,12-13H,5-7,9H2,1-4H3,(H,18,19)/t12-,13+/m1/s1. The SMILES string of the molecule is COc1cc(C)c([C@@H](C)NC(=O)C[C@@H]2CCCO2)cc1OC. The van der Waals surface area contributed by atoms with Crippen LogP contribution in [0, 0.1) is 6.92 Å². The number of benzene rings is 1. The Balaban J connectivity index is 2.04. The molecule has 0 unspecified atom stereocenters. The third-order valence-corrected chi connectivity index (χ3v) is 4.05. The summed E-state index contributed by atoms with van der Waals surface area (Å²) in [5.41, 5.74) is 2.08. The van der Waals surface area contributed by atoms with Crippen molar-refractivity contribution in [3.8, 4) is 11.5 Å². The average molecular weight is 307 g/mol. The Labute approximate surface area is 131 Å². The summed E-state index contributed by atoms with van der Waals surface area (Å²) in [6.07, 6.45) is 2.51. The first kappa shape index (κ1) is 16.6. The Morgan fingerprint density at radius 1 is 1.36 bits per heavy atom. The quantitative estimate of drug-likeness (QED) is 0.878. The van der Waals surface area contributed by atoms with Crippen LogP contribution < -0.4 is 14.8 Å². The van der Waals surface area contributed by atoms with Crippen LogP contribution in [0.15, 0.2) is 12.1 Å². The molecule has 1 amide bonds. The van der Waals surface area contributed by atoms with Crippen LogP contribution in [0.3, 0.4) is 0 Å². The Morgan fingerprint density at radius 3 is 2.64 bits per heavy atom. The summed E-state index contributed by atoms with van der Waals surface area (Å²) in [6.45, 7) is 4.74. The zero-order valence-electron chi connectivity index (χ0n) is 13.8. The molecule has 1 heterocycles. The molecule has 0 aromatic heterocycles. The minimum atomic E-state index is -0.0892. The van der Waals surface area contributed by atoms with E-state index in [1.807, 2.05) is 26.0 Å². The van der Waals surface area contributed by atoms with Gasteiger partial charge >= 0.3 is 0 Å². The van der Waals surface area contributed by atoms with E-state index in [4.69, 9.17) is 14.2 Å². The Bertz CT molecular complexity index is 524. The predicted molar refractivity (Wildman–Crippen MR) is 84.4 cm³/mol. The Morgan fingerprint density at radius 2 is 2.05 bits per heavy atom. The first-order valence-electron chi connectivity index (χ1n) is 7.68. The zero-order chi connectivity index (χ0) is 16.1. The molecule has 1 aromatic rings. The number of hydrogen-bond acceptors (Lipinski definition) is 4. The molecule has 1 aliphatic heterocycles. The zero-order valence-corrected chi connectivity index (χ0v) is 13.8. The highest BCUT2D eigenvalue weighted by Crippen LogP contribution is 2.32. The molecule has 1 aromatic carbocycles. The van der Waals surface area contributed by atoms with Crippen molar-refractivity contribution in [3.05, 3.63) is 23.3 Å². The summed E-state index contributed by atoms with van der Waals surface area (Å²) in [5, 5.41) is 3.04. The van der Waals surface area contributed by atoms with E-state index in [2.05, 4.69) is 5.32 Å². The fourth-order valence-corrected chi connectivity index (χ4v) is 2.85. The van der Waals surface area contributed by atoms with Crippen molar-refractivity contribution in [1.29, 1.82) is 0 Å². The molecule has 1 fully saturated rings. The number of carbonyl (C=O) groups is 1. The van der Waals surface area contributed by atoms with Gasteiger partial charge in [-0.3, -0.25) is 4.79 Å². The largest absolute Gasteiger partial charge is 0.493 e. The van der Waals surface area contributed by atoms with E-state index >= 15 is 0 Å². The summed E-state index contributed by atoms with van der Waals surface area (Å²) >= 11 is 0. The van der Waals surface area contributed by atoms with Crippen LogP contribution in [0.5, 0.6) is 11.5 Å². The van der Waals surface area contributed by atoms with Crippen LogP contribution >= 0.6 is 0 Å². The summed E-state index contributed by atoms with van der Waals surface area (Å²) in [7, 11) is 3.22. The number of amides is 1. The molecule has 0 saturated carbocycles. The Hall–Kier alpha value is -1.75. The topological polar surface area (TPSA) is 56.8 Å². The van der Waals surface area contributed by atoms with Crippen LogP contribution in [0.2, 0.25) is 0 Å². The van der Waals surface area contributed by atoms with E-state index in [0.29, 0.717) is 17.9 Å². The fourth-order valence-electron chi connectivity index (χ4n) is 2.85. The van der Waals surface area contributed by atoms with E-state index < -0.39 is 0 Å². The van der Waals surface area contributed by atoms with Crippen molar-refractivity contribution in [3.63, 3.8) is 0 Å². The maximum absolute atomic E-state index is 12.1. The molecule has 1 N–H and O–H groups in total. The molecule has 0 aliphatic carbocycles. The highest BCUT2D eigenvalue weighted by Gasteiger charge is 2.21. The molecule has 0 bridgehead atoms. The van der Waals surface area contributed by atoms with Gasteiger partial charge in [0.1, 0.15) is 0 Å². The van der Waals surface area contributed by atoms with Gasteiger partial charge in [-0.1, -0.05) is 0 Å². The number of methoxy groups -OCH3 is 2. The van der Waals surface area contributed by atoms with Gasteiger partial charge in [0.25, 0.3) is 0 Å². The maximum atomic E-state index is 12.1. The lowest BCUT2D eigenvalue weighted by molar-refractivity contribution is -0.123. The highest BCUT2D eigenvalue weighted by molar-refractivity contribution is 5.77. The van der Waals surface area contributed by atoms with Crippen LogP contribution in [0.4, 0.5) is 0 Å². The minimum absolute atomic E-state index is 0.0218. The van der Waals surface area contributed by atoms with Crippen LogP contribution in [0.1, 0.15) is 43.4 Å². The number of hydrogen-bond donors (Lipinski definition) is 1. The molecular weight excluding hydrogens is 282 g/mol. The van der Waals surface area contributed by atoms with Crippen molar-refractivity contribution < 1.29 is 19.0 Å². The van der Waals surface area contributed by atoms with Gasteiger partial charge in [-0.05, 0) is 49.9 Å². The second-order valence-corrected chi connectivity index (χ2v) is 5.69. The van der Waals surface area contributed by atoms with E-state index in [-0.39, 0.29) is 18.1 Å². The van der Waals surface area contributed by atoms with Gasteiger partial charge in [0.15, 0.2) is 11.5 Å². The van der Waals surface area contributed by atoms with Crippen LogP contribution in [-0.2, 0) is 9.53 Å². The summed E-state index contributed by atoms with van der Waals surface area (Å²) in [6, 6.07) is 3.76. The molecule has 2 atom stereocenters. The van der Waals surface area contributed by atoms with Gasteiger partial charge in [0.2, 0.25) is 5.91 Å². The first-order chi connectivity index (χ1) is 10.5. The normalized spacial score (nSPS) is 18.8. The molecule has 0 spiro atoms. The molecule has 5 nitrogen and oxygen atoms in total. The molecular formula is C17H25NO4. The van der Waals surface area contributed by atoms with Gasteiger partial charge in [-0.25, -0.2) is 0 Å². The van der Waals surface area contributed by atoms with E-state index in [0.717, 1.165) is 30.6 Å². The molecule has 22 heavy (non-hydrogen) atoms. The van der Waals surface area contributed by atoms with Gasteiger partial charge < -0.3 is 19.5 Å². The third kappa shape index (κ3) is 3.91. The molecule has 122 valence electrons. The van der Waals surface area contributed by atoms with E-state index in [1.54, 1.807) is 14.2 Å². The smallest absolute Gasteiger partial charge is 0.223 e. The monoisotopic (exact) mass is 307 g/mol.